The van der Waals surface area contributed by atoms with Crippen molar-refractivity contribution in [3.05, 3.63) is 83.7 Å². The summed E-state index contributed by atoms with van der Waals surface area (Å²) >= 11 is 5.31. The summed E-state index contributed by atoms with van der Waals surface area (Å²) in [5.74, 6) is 0.385. The molecule has 0 saturated carbocycles. The quantitative estimate of drug-likeness (QED) is 0.357. The Labute approximate surface area is 184 Å². The average molecular weight is 454 g/mol. The molecule has 1 aromatic heterocycles. The van der Waals surface area contributed by atoms with Crippen molar-refractivity contribution in [2.75, 3.05) is 10.6 Å². The second kappa shape index (κ2) is 8.72. The zero-order valence-corrected chi connectivity index (χ0v) is 17.9. The molecular formula is C21H19N5O3S2. The van der Waals surface area contributed by atoms with Crippen LogP contribution in [0.3, 0.4) is 0 Å². The molecule has 158 valence electrons. The molecule has 0 aliphatic carbocycles. The van der Waals surface area contributed by atoms with E-state index in [-0.39, 0.29) is 16.4 Å². The first-order valence-corrected chi connectivity index (χ1v) is 11.2. The van der Waals surface area contributed by atoms with Gasteiger partial charge in [0, 0.05) is 11.4 Å². The van der Waals surface area contributed by atoms with E-state index < -0.39 is 10.0 Å². The number of nitrogens with zero attached hydrogens (tertiary/aromatic N) is 2. The zero-order valence-electron chi connectivity index (χ0n) is 16.2. The van der Waals surface area contributed by atoms with Crippen molar-refractivity contribution in [3.8, 4) is 11.5 Å². The van der Waals surface area contributed by atoms with Crippen LogP contribution in [0.1, 0.15) is 0 Å². The number of hydrogen-bond acceptors (Lipinski definition) is 7. The van der Waals surface area contributed by atoms with Crippen LogP contribution < -0.4 is 15.8 Å². The fraction of sp³-hybridized carbons (Fsp3) is 0.0476. The molecule has 4 N–H and O–H groups in total. The van der Waals surface area contributed by atoms with Crippen molar-refractivity contribution in [1.82, 2.24) is 9.78 Å². The van der Waals surface area contributed by atoms with E-state index in [1.807, 2.05) is 54.6 Å². The molecule has 1 heterocycles. The molecule has 0 saturated heterocycles. The number of aromatic nitrogens is 2. The van der Waals surface area contributed by atoms with Crippen LogP contribution in [0, 0.1) is 4.84 Å². The van der Waals surface area contributed by atoms with E-state index in [0.717, 1.165) is 16.9 Å². The van der Waals surface area contributed by atoms with Gasteiger partial charge < -0.3 is 15.1 Å². The first kappa shape index (κ1) is 20.8. The van der Waals surface area contributed by atoms with Crippen molar-refractivity contribution in [1.29, 1.82) is 0 Å². The molecule has 8 nitrogen and oxygen atoms in total. The van der Waals surface area contributed by atoms with Gasteiger partial charge in [0.1, 0.15) is 6.67 Å². The first-order chi connectivity index (χ1) is 14.9. The number of primary sulfonamides is 1. The van der Waals surface area contributed by atoms with Gasteiger partial charge >= 0.3 is 0 Å². The largest absolute Gasteiger partial charge is 0.409 e. The van der Waals surface area contributed by atoms with Crippen LogP contribution in [-0.2, 0) is 16.7 Å². The molecule has 0 spiro atoms. The van der Waals surface area contributed by atoms with Gasteiger partial charge in [0.15, 0.2) is 0 Å². The molecule has 0 aliphatic heterocycles. The summed E-state index contributed by atoms with van der Waals surface area (Å²) in [6.07, 6.45) is 0. The number of nitrogens with two attached hydrogens (primary N) is 1. The summed E-state index contributed by atoms with van der Waals surface area (Å²) in [6.45, 7) is 0.241. The molecule has 0 bridgehead atoms. The van der Waals surface area contributed by atoms with Gasteiger partial charge in [-0.05, 0) is 60.7 Å². The molecule has 0 aliphatic rings. The second-order valence-corrected chi connectivity index (χ2v) is 8.52. The number of para-hydroxylation sites is 2. The lowest BCUT2D eigenvalue weighted by molar-refractivity contribution is 0.522. The van der Waals surface area contributed by atoms with Gasteiger partial charge in [0.25, 0.3) is 4.84 Å². The van der Waals surface area contributed by atoms with E-state index >= 15 is 0 Å². The van der Waals surface area contributed by atoms with Crippen LogP contribution in [0.5, 0.6) is 0 Å². The zero-order chi connectivity index (χ0) is 21.8. The molecular weight excluding hydrogens is 434 g/mol. The number of nitrogens with one attached hydrogen (secondary N) is 2. The van der Waals surface area contributed by atoms with Gasteiger partial charge in [-0.2, -0.15) is 0 Å². The Bertz CT molecular complexity index is 1350. The van der Waals surface area contributed by atoms with E-state index in [0.29, 0.717) is 11.6 Å². The second-order valence-electron chi connectivity index (χ2n) is 6.61. The first-order valence-electron chi connectivity index (χ1n) is 9.26. The van der Waals surface area contributed by atoms with E-state index in [1.54, 1.807) is 12.1 Å². The predicted molar refractivity (Wildman–Crippen MR) is 122 cm³/mol. The SMILES string of the molecule is NS(=O)(=O)c1ccc(NCn2nc(-c3ccccc3Nc3ccccc3)oc2=S)cc1. The van der Waals surface area contributed by atoms with Gasteiger partial charge in [-0.1, -0.05) is 30.3 Å². The molecule has 0 radical (unpaired) electrons. The topological polar surface area (TPSA) is 115 Å². The van der Waals surface area contributed by atoms with Crippen molar-refractivity contribution in [2.24, 2.45) is 5.14 Å². The smallest absolute Gasteiger partial charge is 0.289 e. The number of sulfonamides is 1. The van der Waals surface area contributed by atoms with E-state index in [9.17, 15) is 8.42 Å². The Hall–Kier alpha value is -3.47. The summed E-state index contributed by atoms with van der Waals surface area (Å²) in [5, 5.41) is 16.1. The number of rotatable bonds is 7. The highest BCUT2D eigenvalue weighted by Crippen LogP contribution is 2.29. The van der Waals surface area contributed by atoms with Crippen molar-refractivity contribution in [2.45, 2.75) is 11.6 Å². The van der Waals surface area contributed by atoms with Crippen molar-refractivity contribution < 1.29 is 12.8 Å². The van der Waals surface area contributed by atoms with Crippen LogP contribution in [0.15, 0.2) is 88.2 Å². The maximum Gasteiger partial charge on any atom is 0.289 e. The molecule has 4 rings (SSSR count). The minimum atomic E-state index is -3.73. The van der Waals surface area contributed by atoms with Crippen LogP contribution in [0.4, 0.5) is 17.1 Å². The van der Waals surface area contributed by atoms with Crippen LogP contribution >= 0.6 is 12.2 Å². The molecule has 4 aromatic rings. The van der Waals surface area contributed by atoms with Crippen LogP contribution in [-0.4, -0.2) is 18.2 Å². The molecule has 31 heavy (non-hydrogen) atoms. The highest BCUT2D eigenvalue weighted by molar-refractivity contribution is 7.89. The standard InChI is InChI=1S/C21H19N5O3S2/c22-31(27,28)17-12-10-15(11-13-17)23-14-26-21(30)29-20(25-26)18-8-4-5-9-19(18)24-16-6-2-1-3-7-16/h1-13,23-24H,14H2,(H2,22,27,28). The summed E-state index contributed by atoms with van der Waals surface area (Å²) in [4.78, 5) is 0.249. The Morgan fingerprint density at radius 3 is 2.32 bits per heavy atom. The average Bonchev–Trinajstić information content (AvgIpc) is 3.13. The van der Waals surface area contributed by atoms with Crippen molar-refractivity contribution >= 4 is 39.3 Å². The normalized spacial score (nSPS) is 11.3. The monoisotopic (exact) mass is 453 g/mol. The fourth-order valence-corrected chi connectivity index (χ4v) is 3.60. The Morgan fingerprint density at radius 2 is 1.61 bits per heavy atom. The molecule has 0 amide bonds. The lowest BCUT2D eigenvalue weighted by Gasteiger charge is -2.09. The lowest BCUT2D eigenvalue weighted by atomic mass is 10.1. The third kappa shape index (κ3) is 5.00. The maximum atomic E-state index is 11.4. The Balaban J connectivity index is 1.53. The van der Waals surface area contributed by atoms with Gasteiger partial charge in [0.2, 0.25) is 15.9 Å². The Morgan fingerprint density at radius 1 is 0.935 bits per heavy atom. The summed E-state index contributed by atoms with van der Waals surface area (Å²) in [6, 6.07) is 23.5. The Kier molecular flexibility index (Phi) is 5.85. The number of hydrogen-bond donors (Lipinski definition) is 3. The summed E-state index contributed by atoms with van der Waals surface area (Å²) in [7, 11) is -3.73. The third-order valence-electron chi connectivity index (χ3n) is 4.43. The minimum Gasteiger partial charge on any atom is -0.409 e. The van der Waals surface area contributed by atoms with Gasteiger partial charge in [-0.15, -0.1) is 5.10 Å². The fourth-order valence-electron chi connectivity index (χ4n) is 2.90. The maximum absolute atomic E-state index is 11.4. The lowest BCUT2D eigenvalue weighted by Crippen LogP contribution is -2.12. The minimum absolute atomic E-state index is 0.0425. The highest BCUT2D eigenvalue weighted by atomic mass is 32.2. The molecule has 0 unspecified atom stereocenters. The number of anilines is 3. The van der Waals surface area contributed by atoms with E-state index in [2.05, 4.69) is 15.7 Å². The van der Waals surface area contributed by atoms with Gasteiger partial charge in [-0.3, -0.25) is 0 Å². The van der Waals surface area contributed by atoms with Gasteiger partial charge in [0.05, 0.1) is 16.1 Å². The summed E-state index contributed by atoms with van der Waals surface area (Å²) in [5.41, 5.74) is 3.24. The van der Waals surface area contributed by atoms with Gasteiger partial charge in [-0.25, -0.2) is 18.2 Å². The van der Waals surface area contributed by atoms with E-state index in [4.69, 9.17) is 21.8 Å². The number of benzene rings is 3. The molecule has 0 atom stereocenters. The third-order valence-corrected chi connectivity index (χ3v) is 5.66. The molecule has 3 aromatic carbocycles. The van der Waals surface area contributed by atoms with Crippen LogP contribution in [0.2, 0.25) is 0 Å². The predicted octanol–water partition coefficient (Wildman–Crippen LogP) is 4.33. The summed E-state index contributed by atoms with van der Waals surface area (Å²) < 4.78 is 30.0. The van der Waals surface area contributed by atoms with Crippen LogP contribution in [0.25, 0.3) is 11.5 Å². The highest BCUT2D eigenvalue weighted by Gasteiger charge is 2.13. The molecule has 10 heteroatoms. The molecule has 0 fully saturated rings. The van der Waals surface area contributed by atoms with E-state index in [1.165, 1.54) is 16.8 Å². The van der Waals surface area contributed by atoms with Crippen molar-refractivity contribution in [3.63, 3.8) is 0 Å².